The number of hydrogen-bond acceptors (Lipinski definition) is 3. The number of nitrogens with zero attached hydrogens (tertiary/aromatic N) is 2. The predicted molar refractivity (Wildman–Crippen MR) is 116 cm³/mol. The summed E-state index contributed by atoms with van der Waals surface area (Å²) in [7, 11) is 0. The Kier molecular flexibility index (Phi) is 7.87. The zero-order valence-corrected chi connectivity index (χ0v) is 17.1. The van der Waals surface area contributed by atoms with Crippen LogP contribution in [0.1, 0.15) is 30.9 Å². The molecular weight excluding hydrogens is 367 g/mol. The molecule has 0 atom stereocenters. The van der Waals surface area contributed by atoms with E-state index in [-0.39, 0.29) is 5.82 Å². The zero-order chi connectivity index (χ0) is 20.5. The predicted octanol–water partition coefficient (Wildman–Crippen LogP) is 3.29. The minimum absolute atomic E-state index is 0.184. The fourth-order valence-corrected chi connectivity index (χ4v) is 3.61. The average molecular weight is 399 g/mol. The molecule has 0 unspecified atom stereocenters. The molecule has 1 saturated heterocycles. The number of piperidine rings is 1. The number of hydrogen-bond donors (Lipinski definition) is 3. The van der Waals surface area contributed by atoms with Gasteiger partial charge in [-0.25, -0.2) is 4.39 Å². The number of aromatic hydroxyl groups is 1. The van der Waals surface area contributed by atoms with Gasteiger partial charge in [-0.3, -0.25) is 9.89 Å². The van der Waals surface area contributed by atoms with E-state index in [1.807, 2.05) is 24.3 Å². The SMILES string of the molecule is CCNC(=NCCc1cccc(O)c1)NC1CCN(Cc2ccc(F)cc2)CC1. The van der Waals surface area contributed by atoms with Crippen LogP contribution in [0.2, 0.25) is 0 Å². The van der Waals surface area contributed by atoms with Gasteiger partial charge in [-0.15, -0.1) is 0 Å². The lowest BCUT2D eigenvalue weighted by molar-refractivity contribution is 0.198. The van der Waals surface area contributed by atoms with Gasteiger partial charge in [-0.05, 0) is 61.6 Å². The molecule has 1 heterocycles. The van der Waals surface area contributed by atoms with E-state index in [1.54, 1.807) is 12.1 Å². The molecule has 1 fully saturated rings. The second-order valence-corrected chi connectivity index (χ2v) is 7.50. The topological polar surface area (TPSA) is 59.9 Å². The van der Waals surface area contributed by atoms with Crippen molar-refractivity contribution in [2.45, 2.75) is 38.8 Å². The van der Waals surface area contributed by atoms with Crippen molar-refractivity contribution in [1.82, 2.24) is 15.5 Å². The van der Waals surface area contributed by atoms with Crippen molar-refractivity contribution in [3.63, 3.8) is 0 Å². The minimum atomic E-state index is -0.184. The molecule has 2 aromatic rings. The van der Waals surface area contributed by atoms with Crippen LogP contribution < -0.4 is 10.6 Å². The Hall–Kier alpha value is -2.60. The molecule has 29 heavy (non-hydrogen) atoms. The Bertz CT molecular complexity index is 786. The number of aliphatic imine (C=N–C) groups is 1. The van der Waals surface area contributed by atoms with Crippen LogP contribution in [0.5, 0.6) is 5.75 Å². The van der Waals surface area contributed by atoms with Crippen molar-refractivity contribution in [2.75, 3.05) is 26.2 Å². The Morgan fingerprint density at radius 3 is 2.59 bits per heavy atom. The van der Waals surface area contributed by atoms with Gasteiger partial charge in [0, 0.05) is 38.8 Å². The highest BCUT2D eigenvalue weighted by Crippen LogP contribution is 2.15. The van der Waals surface area contributed by atoms with E-state index in [0.717, 1.165) is 62.5 Å². The summed E-state index contributed by atoms with van der Waals surface area (Å²) in [5.74, 6) is 0.963. The highest BCUT2D eigenvalue weighted by atomic mass is 19.1. The van der Waals surface area contributed by atoms with E-state index in [2.05, 4.69) is 22.5 Å². The molecule has 5 nitrogen and oxygen atoms in total. The number of likely N-dealkylation sites (tertiary alicyclic amines) is 1. The molecule has 3 N–H and O–H groups in total. The number of phenols is 1. The minimum Gasteiger partial charge on any atom is -0.508 e. The second-order valence-electron chi connectivity index (χ2n) is 7.50. The van der Waals surface area contributed by atoms with Gasteiger partial charge >= 0.3 is 0 Å². The normalized spacial score (nSPS) is 16.0. The van der Waals surface area contributed by atoms with Crippen molar-refractivity contribution >= 4 is 5.96 Å². The average Bonchev–Trinajstić information content (AvgIpc) is 2.71. The van der Waals surface area contributed by atoms with E-state index >= 15 is 0 Å². The number of benzene rings is 2. The third-order valence-corrected chi connectivity index (χ3v) is 5.17. The smallest absolute Gasteiger partial charge is 0.191 e. The first kappa shape index (κ1) is 21.1. The lowest BCUT2D eigenvalue weighted by Crippen LogP contribution is -2.48. The molecule has 0 aromatic heterocycles. The second kappa shape index (κ2) is 10.8. The van der Waals surface area contributed by atoms with Crippen LogP contribution in [0.3, 0.4) is 0 Å². The summed E-state index contributed by atoms with van der Waals surface area (Å²) in [6.45, 7) is 6.45. The molecule has 1 aliphatic rings. The van der Waals surface area contributed by atoms with Gasteiger partial charge in [0.15, 0.2) is 5.96 Å². The molecule has 0 aliphatic carbocycles. The van der Waals surface area contributed by atoms with Crippen LogP contribution in [0, 0.1) is 5.82 Å². The fraction of sp³-hybridized carbons (Fsp3) is 0.435. The van der Waals surface area contributed by atoms with E-state index in [0.29, 0.717) is 18.3 Å². The Morgan fingerprint density at radius 1 is 1.14 bits per heavy atom. The van der Waals surface area contributed by atoms with Gasteiger partial charge in [-0.1, -0.05) is 24.3 Å². The molecule has 0 spiro atoms. The third kappa shape index (κ3) is 7.06. The van der Waals surface area contributed by atoms with Crippen LogP contribution in [0.4, 0.5) is 4.39 Å². The summed E-state index contributed by atoms with van der Waals surface area (Å²) in [6, 6.07) is 14.5. The molecule has 0 amide bonds. The maximum absolute atomic E-state index is 13.1. The number of halogens is 1. The van der Waals surface area contributed by atoms with Gasteiger partial charge < -0.3 is 15.7 Å². The first-order valence-electron chi connectivity index (χ1n) is 10.4. The summed E-state index contributed by atoms with van der Waals surface area (Å²) in [5.41, 5.74) is 2.23. The van der Waals surface area contributed by atoms with Crippen molar-refractivity contribution < 1.29 is 9.50 Å². The summed E-state index contributed by atoms with van der Waals surface area (Å²) in [4.78, 5) is 7.11. The quantitative estimate of drug-likeness (QED) is 0.495. The summed E-state index contributed by atoms with van der Waals surface area (Å²) in [6.07, 6.45) is 2.90. The van der Waals surface area contributed by atoms with Crippen LogP contribution >= 0.6 is 0 Å². The molecule has 156 valence electrons. The van der Waals surface area contributed by atoms with Crippen LogP contribution in [-0.2, 0) is 13.0 Å². The summed E-state index contributed by atoms with van der Waals surface area (Å²) < 4.78 is 13.1. The molecule has 6 heteroatoms. The van der Waals surface area contributed by atoms with Crippen LogP contribution in [-0.4, -0.2) is 48.2 Å². The molecule has 0 saturated carbocycles. The molecule has 2 aromatic carbocycles. The monoisotopic (exact) mass is 398 g/mol. The first-order chi connectivity index (χ1) is 14.1. The molecule has 0 radical (unpaired) electrons. The summed E-state index contributed by atoms with van der Waals surface area (Å²) in [5, 5.41) is 16.5. The van der Waals surface area contributed by atoms with Gasteiger partial charge in [0.1, 0.15) is 11.6 Å². The van der Waals surface area contributed by atoms with E-state index < -0.39 is 0 Å². The van der Waals surface area contributed by atoms with E-state index in [4.69, 9.17) is 4.99 Å². The largest absolute Gasteiger partial charge is 0.508 e. The Labute approximate surface area is 172 Å². The van der Waals surface area contributed by atoms with Gasteiger partial charge in [0.2, 0.25) is 0 Å². The number of nitrogens with one attached hydrogen (secondary N) is 2. The lowest BCUT2D eigenvalue weighted by Gasteiger charge is -2.33. The van der Waals surface area contributed by atoms with Crippen molar-refractivity contribution in [2.24, 2.45) is 4.99 Å². The maximum atomic E-state index is 13.1. The van der Waals surface area contributed by atoms with Crippen molar-refractivity contribution in [1.29, 1.82) is 0 Å². The third-order valence-electron chi connectivity index (χ3n) is 5.17. The Balaban J connectivity index is 1.45. The van der Waals surface area contributed by atoms with Gasteiger partial charge in [0.25, 0.3) is 0 Å². The molecular formula is C23H31FN4O. The highest BCUT2D eigenvalue weighted by molar-refractivity contribution is 5.80. The van der Waals surface area contributed by atoms with Gasteiger partial charge in [0.05, 0.1) is 0 Å². The van der Waals surface area contributed by atoms with Crippen LogP contribution in [0.15, 0.2) is 53.5 Å². The number of guanidine groups is 1. The molecule has 1 aliphatic heterocycles. The van der Waals surface area contributed by atoms with E-state index in [9.17, 15) is 9.50 Å². The number of phenolic OH excluding ortho intramolecular Hbond substituents is 1. The van der Waals surface area contributed by atoms with E-state index in [1.165, 1.54) is 12.1 Å². The maximum Gasteiger partial charge on any atom is 0.191 e. The lowest BCUT2D eigenvalue weighted by atomic mass is 10.0. The molecule has 3 rings (SSSR count). The molecule has 0 bridgehead atoms. The Morgan fingerprint density at radius 2 is 1.90 bits per heavy atom. The van der Waals surface area contributed by atoms with Crippen LogP contribution in [0.25, 0.3) is 0 Å². The fourth-order valence-electron chi connectivity index (χ4n) is 3.61. The van der Waals surface area contributed by atoms with Crippen molar-refractivity contribution in [3.05, 3.63) is 65.5 Å². The van der Waals surface area contributed by atoms with Gasteiger partial charge in [-0.2, -0.15) is 0 Å². The van der Waals surface area contributed by atoms with Crippen molar-refractivity contribution in [3.8, 4) is 5.75 Å². The highest BCUT2D eigenvalue weighted by Gasteiger charge is 2.20. The summed E-state index contributed by atoms with van der Waals surface area (Å²) >= 11 is 0. The number of rotatable bonds is 7. The standard InChI is InChI=1S/C23H31FN4O/c1-2-25-23(26-13-10-18-4-3-5-22(29)16-18)27-21-11-14-28(15-12-21)17-19-6-8-20(24)9-7-19/h3-9,16,21,29H,2,10-15,17H2,1H3,(H2,25,26,27). The first-order valence-corrected chi connectivity index (χ1v) is 10.4. The zero-order valence-electron chi connectivity index (χ0n) is 17.1.